The first-order valence-corrected chi connectivity index (χ1v) is 7.81. The maximum atomic E-state index is 13.7. The molecule has 0 unspecified atom stereocenters. The molecule has 6 nitrogen and oxygen atoms in total. The Morgan fingerprint density at radius 1 is 1.17 bits per heavy atom. The summed E-state index contributed by atoms with van der Waals surface area (Å²) in [6.45, 7) is 0.894. The van der Waals surface area contributed by atoms with E-state index in [-0.39, 0.29) is 5.82 Å². The highest BCUT2D eigenvalue weighted by molar-refractivity contribution is 7.80. The van der Waals surface area contributed by atoms with E-state index >= 15 is 0 Å². The Morgan fingerprint density at radius 2 is 2.00 bits per heavy atom. The first-order valence-electron chi connectivity index (χ1n) is 7.40. The fraction of sp³-hybridized carbons (Fsp3) is 0.188. The molecule has 0 radical (unpaired) electrons. The molecular weight excluding hydrogens is 327 g/mol. The Balaban J connectivity index is 1.53. The lowest BCUT2D eigenvalue weighted by Crippen LogP contribution is -2.28. The number of aryl methyl sites for hydroxylation is 1. The van der Waals surface area contributed by atoms with Crippen LogP contribution in [0.3, 0.4) is 0 Å². The second-order valence-corrected chi connectivity index (χ2v) is 5.69. The number of thiocarbonyl (C=S) groups is 1. The number of anilines is 1. The van der Waals surface area contributed by atoms with Crippen LogP contribution < -0.4 is 10.6 Å². The van der Waals surface area contributed by atoms with Crippen molar-refractivity contribution in [1.82, 2.24) is 24.9 Å². The van der Waals surface area contributed by atoms with E-state index in [9.17, 15) is 4.39 Å². The van der Waals surface area contributed by atoms with Crippen molar-refractivity contribution < 1.29 is 4.39 Å². The summed E-state index contributed by atoms with van der Waals surface area (Å²) in [5, 5.41) is 15.1. The number of hydrogen-bond donors (Lipinski definition) is 2. The highest BCUT2D eigenvalue weighted by Gasteiger charge is 2.05. The van der Waals surface area contributed by atoms with Crippen molar-refractivity contribution in [2.75, 3.05) is 5.32 Å². The van der Waals surface area contributed by atoms with Gasteiger partial charge in [-0.05, 0) is 24.4 Å². The van der Waals surface area contributed by atoms with Crippen molar-refractivity contribution in [3.8, 4) is 0 Å². The fourth-order valence-corrected chi connectivity index (χ4v) is 2.38. The molecule has 0 aliphatic carbocycles. The fourth-order valence-electron chi connectivity index (χ4n) is 2.21. The largest absolute Gasteiger partial charge is 0.357 e. The molecule has 0 saturated carbocycles. The topological polar surface area (TPSA) is 59.7 Å². The van der Waals surface area contributed by atoms with E-state index in [4.69, 9.17) is 12.2 Å². The van der Waals surface area contributed by atoms with Crippen molar-refractivity contribution in [2.45, 2.75) is 13.1 Å². The Bertz CT molecular complexity index is 840. The standard InChI is InChI=1S/C16H17FN6S/c1-22-8-6-13(20-22)10-18-16(24)19-15-7-9-23(21-15)11-12-4-2-3-5-14(12)17/h2-9H,10-11H2,1H3,(H2,18,19,21,24). The summed E-state index contributed by atoms with van der Waals surface area (Å²) in [5.74, 6) is 0.361. The molecule has 2 aromatic heterocycles. The summed E-state index contributed by atoms with van der Waals surface area (Å²) < 4.78 is 17.0. The van der Waals surface area contributed by atoms with Gasteiger partial charge in [-0.2, -0.15) is 10.2 Å². The summed E-state index contributed by atoms with van der Waals surface area (Å²) in [6, 6.07) is 10.4. The zero-order valence-electron chi connectivity index (χ0n) is 13.1. The first kappa shape index (κ1) is 16.1. The quantitative estimate of drug-likeness (QED) is 0.696. The van der Waals surface area contributed by atoms with Crippen LogP contribution in [-0.4, -0.2) is 24.7 Å². The summed E-state index contributed by atoms with van der Waals surface area (Å²) in [5.41, 5.74) is 1.48. The summed E-state index contributed by atoms with van der Waals surface area (Å²) in [4.78, 5) is 0. The van der Waals surface area contributed by atoms with Gasteiger partial charge in [-0.25, -0.2) is 4.39 Å². The lowest BCUT2D eigenvalue weighted by Gasteiger charge is -2.07. The second-order valence-electron chi connectivity index (χ2n) is 5.28. The van der Waals surface area contributed by atoms with Gasteiger partial charge in [0.25, 0.3) is 0 Å². The molecule has 3 aromatic rings. The van der Waals surface area contributed by atoms with E-state index in [1.54, 1.807) is 39.8 Å². The Hall–Kier alpha value is -2.74. The number of nitrogens with one attached hydrogen (secondary N) is 2. The normalized spacial score (nSPS) is 10.6. The monoisotopic (exact) mass is 344 g/mol. The van der Waals surface area contributed by atoms with Crippen molar-refractivity contribution in [2.24, 2.45) is 7.05 Å². The van der Waals surface area contributed by atoms with Gasteiger partial charge in [0.1, 0.15) is 5.82 Å². The number of rotatable bonds is 5. The zero-order chi connectivity index (χ0) is 16.9. The molecule has 0 spiro atoms. The van der Waals surface area contributed by atoms with E-state index in [0.29, 0.717) is 29.6 Å². The Kier molecular flexibility index (Phi) is 4.85. The molecule has 0 saturated heterocycles. The minimum atomic E-state index is -0.241. The SMILES string of the molecule is Cn1ccc(CNC(=S)Nc2ccn(Cc3ccccc3F)n2)n1. The summed E-state index contributed by atoms with van der Waals surface area (Å²) in [7, 11) is 1.86. The highest BCUT2D eigenvalue weighted by atomic mass is 32.1. The molecule has 0 fully saturated rings. The van der Waals surface area contributed by atoms with Crippen LogP contribution >= 0.6 is 12.2 Å². The molecule has 124 valence electrons. The maximum Gasteiger partial charge on any atom is 0.172 e. The molecule has 0 aliphatic rings. The van der Waals surface area contributed by atoms with Crippen LogP contribution in [0.2, 0.25) is 0 Å². The Morgan fingerprint density at radius 3 is 2.75 bits per heavy atom. The molecule has 1 aromatic carbocycles. The van der Waals surface area contributed by atoms with Gasteiger partial charge >= 0.3 is 0 Å². The maximum absolute atomic E-state index is 13.7. The average molecular weight is 344 g/mol. The van der Waals surface area contributed by atoms with E-state index in [0.717, 1.165) is 5.69 Å². The number of benzene rings is 1. The molecule has 0 aliphatic heterocycles. The molecule has 2 N–H and O–H groups in total. The van der Waals surface area contributed by atoms with E-state index in [1.165, 1.54) is 6.07 Å². The van der Waals surface area contributed by atoms with E-state index in [1.807, 2.05) is 19.3 Å². The molecule has 8 heteroatoms. The third-order valence-electron chi connectivity index (χ3n) is 3.37. The van der Waals surface area contributed by atoms with Gasteiger partial charge in [-0.1, -0.05) is 18.2 Å². The van der Waals surface area contributed by atoms with Gasteiger partial charge in [-0.15, -0.1) is 0 Å². The van der Waals surface area contributed by atoms with Crippen LogP contribution in [0.15, 0.2) is 48.8 Å². The zero-order valence-corrected chi connectivity index (χ0v) is 13.9. The van der Waals surface area contributed by atoms with Crippen molar-refractivity contribution >= 4 is 23.1 Å². The van der Waals surface area contributed by atoms with Gasteiger partial charge in [0.15, 0.2) is 10.9 Å². The molecular formula is C16H17FN6S. The predicted molar refractivity (Wildman–Crippen MR) is 94.0 cm³/mol. The lowest BCUT2D eigenvalue weighted by molar-refractivity contribution is 0.586. The van der Waals surface area contributed by atoms with Crippen LogP contribution in [0.4, 0.5) is 10.2 Å². The molecule has 24 heavy (non-hydrogen) atoms. The summed E-state index contributed by atoms with van der Waals surface area (Å²) in [6.07, 6.45) is 3.65. The number of halogens is 1. The van der Waals surface area contributed by atoms with E-state index in [2.05, 4.69) is 20.8 Å². The van der Waals surface area contributed by atoms with Gasteiger partial charge < -0.3 is 10.6 Å². The lowest BCUT2D eigenvalue weighted by atomic mass is 10.2. The molecule has 0 bridgehead atoms. The van der Waals surface area contributed by atoms with Crippen molar-refractivity contribution in [3.05, 3.63) is 65.9 Å². The van der Waals surface area contributed by atoms with Gasteiger partial charge in [0, 0.05) is 31.1 Å². The predicted octanol–water partition coefficient (Wildman–Crippen LogP) is 2.29. The first-order chi connectivity index (χ1) is 11.6. The van der Waals surface area contributed by atoms with Crippen molar-refractivity contribution in [3.63, 3.8) is 0 Å². The number of aromatic nitrogens is 4. The molecule has 0 amide bonds. The molecule has 3 rings (SSSR count). The highest BCUT2D eigenvalue weighted by Crippen LogP contribution is 2.10. The molecule has 2 heterocycles. The van der Waals surface area contributed by atoms with Crippen LogP contribution in [0.1, 0.15) is 11.3 Å². The van der Waals surface area contributed by atoms with Crippen molar-refractivity contribution in [1.29, 1.82) is 0 Å². The van der Waals surface area contributed by atoms with Gasteiger partial charge in [-0.3, -0.25) is 9.36 Å². The minimum Gasteiger partial charge on any atom is -0.357 e. The van der Waals surface area contributed by atoms with Crippen LogP contribution in [0.25, 0.3) is 0 Å². The second kappa shape index (κ2) is 7.22. The van der Waals surface area contributed by atoms with Crippen LogP contribution in [0, 0.1) is 5.82 Å². The number of nitrogens with zero attached hydrogens (tertiary/aromatic N) is 4. The van der Waals surface area contributed by atoms with Gasteiger partial charge in [0.2, 0.25) is 0 Å². The van der Waals surface area contributed by atoms with Crippen LogP contribution in [-0.2, 0) is 20.1 Å². The smallest absolute Gasteiger partial charge is 0.172 e. The summed E-state index contributed by atoms with van der Waals surface area (Å²) >= 11 is 5.24. The van der Waals surface area contributed by atoms with Crippen LogP contribution in [0.5, 0.6) is 0 Å². The van der Waals surface area contributed by atoms with Gasteiger partial charge in [0.05, 0.1) is 18.8 Å². The third-order valence-corrected chi connectivity index (χ3v) is 3.62. The minimum absolute atomic E-state index is 0.241. The third kappa shape index (κ3) is 4.17. The number of hydrogen-bond acceptors (Lipinski definition) is 3. The average Bonchev–Trinajstić information content (AvgIpc) is 3.17. The Labute approximate surface area is 144 Å². The molecule has 0 atom stereocenters. The van der Waals surface area contributed by atoms with E-state index < -0.39 is 0 Å².